The van der Waals surface area contributed by atoms with Gasteiger partial charge in [-0.2, -0.15) is 0 Å². The van der Waals surface area contributed by atoms with Crippen molar-refractivity contribution in [3.8, 4) is 0 Å². The van der Waals surface area contributed by atoms with Gasteiger partial charge in [-0.3, -0.25) is 0 Å². The molecule has 112 valence electrons. The third kappa shape index (κ3) is 3.05. The fraction of sp³-hybridized carbons (Fsp3) is 0.882. The third-order valence-electron chi connectivity index (χ3n) is 6.11. The van der Waals surface area contributed by atoms with E-state index in [0.717, 1.165) is 24.5 Å². The average Bonchev–Trinajstić information content (AvgIpc) is 2.46. The molecular weight excluding hydrogens is 452 g/mol. The van der Waals surface area contributed by atoms with Gasteiger partial charge in [0.15, 0.2) is 0 Å². The quantitative estimate of drug-likeness (QED) is 0.452. The fourth-order valence-electron chi connectivity index (χ4n) is 6.22. The summed E-state index contributed by atoms with van der Waals surface area (Å²) >= 11 is -3.86. The van der Waals surface area contributed by atoms with Crippen molar-refractivity contribution in [1.29, 1.82) is 0 Å². The van der Waals surface area contributed by atoms with Gasteiger partial charge in [-0.25, -0.2) is 0 Å². The second kappa shape index (κ2) is 5.49. The first-order chi connectivity index (χ1) is 9.16. The van der Waals surface area contributed by atoms with Gasteiger partial charge in [0.05, 0.1) is 0 Å². The predicted molar refractivity (Wildman–Crippen MR) is 98.0 cm³/mol. The minimum absolute atomic E-state index is 1.04. The number of fused-ring (bicyclic) bond motifs is 1. The summed E-state index contributed by atoms with van der Waals surface area (Å²) in [5, 5.41) is 0. The van der Waals surface area contributed by atoms with E-state index in [1.54, 1.807) is 38.3 Å². The van der Waals surface area contributed by atoms with E-state index >= 15 is 0 Å². The first-order valence-corrected chi connectivity index (χ1v) is 28.9. The van der Waals surface area contributed by atoms with Crippen molar-refractivity contribution in [3.05, 3.63) is 7.08 Å². The van der Waals surface area contributed by atoms with Crippen LogP contribution < -0.4 is 0 Å². The summed E-state index contributed by atoms with van der Waals surface area (Å²) in [4.78, 5) is 16.3. The van der Waals surface area contributed by atoms with Crippen LogP contribution >= 0.6 is 0 Å². The molecule has 0 N–H and O–H groups in total. The molecule has 0 spiro atoms. The molecule has 0 radical (unpaired) electrons. The molecule has 0 amide bonds. The van der Waals surface area contributed by atoms with Gasteiger partial charge >= 0.3 is 136 Å². The summed E-state index contributed by atoms with van der Waals surface area (Å²) in [5.74, 6) is 3.25. The fourth-order valence-corrected chi connectivity index (χ4v) is 63.0. The molecule has 4 aliphatic rings. The molecule has 3 saturated heterocycles. The Kier molecular flexibility index (Phi) is 4.47. The summed E-state index contributed by atoms with van der Waals surface area (Å²) < 4.78 is 2.23. The zero-order valence-corrected chi connectivity index (χ0v) is 20.3. The zero-order valence-electron chi connectivity index (χ0n) is 14.6. The molecule has 4 fully saturated rings. The van der Waals surface area contributed by atoms with Gasteiger partial charge in [0.2, 0.25) is 0 Å². The van der Waals surface area contributed by atoms with Crippen LogP contribution in [0.1, 0.15) is 25.7 Å². The van der Waals surface area contributed by atoms with Crippen LogP contribution in [0.25, 0.3) is 0 Å². The topological polar surface area (TPSA) is 0 Å². The molecular formula is C17H33BSn2. The molecule has 3 heterocycles. The maximum atomic E-state index is 2.71. The van der Waals surface area contributed by atoms with Crippen molar-refractivity contribution in [1.82, 2.24) is 0 Å². The van der Waals surface area contributed by atoms with Gasteiger partial charge < -0.3 is 0 Å². The normalized spacial score (nSPS) is 33.6. The molecule has 1 aliphatic carbocycles. The molecule has 20 heavy (non-hydrogen) atoms. The minimum atomic E-state index is -1.93. The number of hydrogen-bond donors (Lipinski definition) is 0. The molecule has 3 atom stereocenters. The van der Waals surface area contributed by atoms with Crippen LogP contribution in [0.2, 0.25) is 42.3 Å². The molecule has 3 heteroatoms. The van der Waals surface area contributed by atoms with Gasteiger partial charge in [-0.1, -0.05) is 0 Å². The third-order valence-corrected chi connectivity index (χ3v) is 45.0. The Morgan fingerprint density at radius 2 is 1.45 bits per heavy atom. The van der Waals surface area contributed by atoms with Crippen molar-refractivity contribution >= 4 is 43.5 Å². The van der Waals surface area contributed by atoms with Crippen molar-refractivity contribution in [2.75, 3.05) is 0 Å². The monoisotopic (exact) mass is 488 g/mol. The summed E-state index contributed by atoms with van der Waals surface area (Å²) in [5.41, 5.74) is 2.12. The summed E-state index contributed by atoms with van der Waals surface area (Å²) in [6, 6.07) is 0. The van der Waals surface area contributed by atoms with Gasteiger partial charge in [-0.15, -0.1) is 0 Å². The van der Waals surface area contributed by atoms with E-state index in [1.165, 1.54) is 0 Å². The average molecular weight is 486 g/mol. The summed E-state index contributed by atoms with van der Waals surface area (Å²) in [6.45, 7) is 1.04. The van der Waals surface area contributed by atoms with Crippen LogP contribution in [0.4, 0.5) is 0 Å². The molecule has 4 rings (SSSR count). The maximum absolute atomic E-state index is 2.71. The Hall–Kier alpha value is 1.40. The van der Waals surface area contributed by atoms with Crippen molar-refractivity contribution < 1.29 is 0 Å². The van der Waals surface area contributed by atoms with Crippen molar-refractivity contribution in [2.24, 2.45) is 17.8 Å². The van der Waals surface area contributed by atoms with Crippen LogP contribution in [-0.2, 0) is 0 Å². The van der Waals surface area contributed by atoms with Gasteiger partial charge in [-0.05, 0) is 0 Å². The first-order valence-electron chi connectivity index (χ1n) is 8.91. The second-order valence-corrected chi connectivity index (χ2v) is 42.6. The summed E-state index contributed by atoms with van der Waals surface area (Å²) in [7, 11) is 0. The molecule has 1 saturated carbocycles. The van der Waals surface area contributed by atoms with Crippen LogP contribution in [0, 0.1) is 17.8 Å². The SMILES string of the molecule is [CH3][Sn]([CH3])([CH3])[C](=C1B2C[C@@H]3C[C@@H](CC[C@H]1C3)C2)[Sn]([CH3])([CH3])[CH3]. The van der Waals surface area contributed by atoms with E-state index in [9.17, 15) is 0 Å². The Balaban J connectivity index is 2.12. The Labute approximate surface area is 135 Å². The second-order valence-electron chi connectivity index (χ2n) is 9.98. The molecule has 0 aromatic heterocycles. The van der Waals surface area contributed by atoms with E-state index in [0.29, 0.717) is 0 Å². The van der Waals surface area contributed by atoms with Crippen LogP contribution in [0.5, 0.6) is 0 Å². The first kappa shape index (κ1) is 16.3. The molecule has 0 aromatic rings. The molecule has 3 aliphatic heterocycles. The van der Waals surface area contributed by atoms with E-state index in [2.05, 4.69) is 36.7 Å². The number of allylic oxidation sites excluding steroid dienone is 1. The van der Waals surface area contributed by atoms with Crippen molar-refractivity contribution in [2.45, 2.75) is 68.0 Å². The van der Waals surface area contributed by atoms with Gasteiger partial charge in [0, 0.05) is 0 Å². The molecule has 0 nitrogen and oxygen atoms in total. The van der Waals surface area contributed by atoms with E-state index in [4.69, 9.17) is 0 Å². The molecule has 4 bridgehead atoms. The predicted octanol–water partition coefficient (Wildman–Crippen LogP) is 5.52. The van der Waals surface area contributed by atoms with Crippen LogP contribution in [-0.4, -0.2) is 43.5 Å². The standard InChI is InChI=1S/C11H15B.6CH3.2Sn/c1-8-11-3-2-9-4-10(5-11)7-12(8)6-9;;;;;;;;/h9-11H,2-7H2;6*1H3;;/t9-,10-,11+;;;;;;;;/m1......../s1. The Morgan fingerprint density at radius 3 is 2.05 bits per heavy atom. The Morgan fingerprint density at radius 1 is 0.850 bits per heavy atom. The van der Waals surface area contributed by atoms with Gasteiger partial charge in [0.1, 0.15) is 0 Å². The van der Waals surface area contributed by atoms with E-state index in [-0.39, 0.29) is 0 Å². The van der Waals surface area contributed by atoms with E-state index < -0.39 is 36.8 Å². The molecule has 0 aromatic carbocycles. The van der Waals surface area contributed by atoms with Crippen LogP contribution in [0.15, 0.2) is 7.08 Å². The summed E-state index contributed by atoms with van der Waals surface area (Å²) in [6.07, 6.45) is 9.45. The van der Waals surface area contributed by atoms with Gasteiger partial charge in [0.25, 0.3) is 0 Å². The molecule has 0 unspecified atom stereocenters. The Bertz CT molecular complexity index is 401. The number of hydrogen-bond acceptors (Lipinski definition) is 0. The zero-order chi connectivity index (χ0) is 14.7. The van der Waals surface area contributed by atoms with Crippen LogP contribution in [0.3, 0.4) is 0 Å². The van der Waals surface area contributed by atoms with E-state index in [1.807, 2.05) is 0 Å². The van der Waals surface area contributed by atoms with Crippen molar-refractivity contribution in [3.63, 3.8) is 0 Å². The number of rotatable bonds is 2.